The molecular formula is C23H25Zr-. The van der Waals surface area contributed by atoms with Crippen molar-refractivity contribution in [3.63, 3.8) is 0 Å². The third kappa shape index (κ3) is 3.21. The van der Waals surface area contributed by atoms with Gasteiger partial charge in [-0.1, -0.05) is 61.2 Å². The first-order chi connectivity index (χ1) is 11.2. The molecule has 0 atom stereocenters. The van der Waals surface area contributed by atoms with Gasteiger partial charge in [0.1, 0.15) is 0 Å². The third-order valence-electron chi connectivity index (χ3n) is 5.92. The van der Waals surface area contributed by atoms with E-state index in [1.807, 2.05) is 0 Å². The molecule has 24 heavy (non-hydrogen) atoms. The maximum Gasteiger partial charge on any atom is 0 e. The summed E-state index contributed by atoms with van der Waals surface area (Å²) in [6.45, 7) is 4.51. The Bertz CT molecular complexity index is 813. The minimum absolute atomic E-state index is 0. The SMILES string of the molecule is CCC1(Cc2cc3c(-c4ccc(C)cc4)cccc3[cH-]2)CCC1.[Zr]. The van der Waals surface area contributed by atoms with Gasteiger partial charge in [0.2, 0.25) is 0 Å². The number of hydrogen-bond acceptors (Lipinski definition) is 0. The van der Waals surface area contributed by atoms with Crippen LogP contribution in [-0.2, 0) is 32.6 Å². The molecule has 0 amide bonds. The normalized spacial score (nSPS) is 15.8. The monoisotopic (exact) mass is 391 g/mol. The van der Waals surface area contributed by atoms with Crippen LogP contribution >= 0.6 is 0 Å². The molecule has 0 heterocycles. The van der Waals surface area contributed by atoms with E-state index in [0.29, 0.717) is 5.41 Å². The first-order valence-corrected chi connectivity index (χ1v) is 8.94. The van der Waals surface area contributed by atoms with Crippen molar-refractivity contribution in [2.75, 3.05) is 0 Å². The molecule has 0 saturated heterocycles. The van der Waals surface area contributed by atoms with Crippen LogP contribution in [0.3, 0.4) is 0 Å². The number of rotatable bonds is 4. The Hall–Kier alpha value is -1.07. The first-order valence-electron chi connectivity index (χ1n) is 8.94. The fraction of sp³-hybridized carbons (Fsp3) is 0.348. The molecule has 1 aliphatic carbocycles. The predicted octanol–water partition coefficient (Wildman–Crippen LogP) is 6.65. The fourth-order valence-corrected chi connectivity index (χ4v) is 4.15. The summed E-state index contributed by atoms with van der Waals surface area (Å²) in [6.07, 6.45) is 6.82. The number of hydrogen-bond donors (Lipinski definition) is 0. The summed E-state index contributed by atoms with van der Waals surface area (Å²) in [5.41, 5.74) is 6.13. The van der Waals surface area contributed by atoms with Gasteiger partial charge in [-0.25, -0.2) is 0 Å². The Kier molecular flexibility index (Phi) is 5.21. The summed E-state index contributed by atoms with van der Waals surface area (Å²) in [6, 6.07) is 20.5. The van der Waals surface area contributed by atoms with Gasteiger partial charge >= 0.3 is 0 Å². The quantitative estimate of drug-likeness (QED) is 0.436. The maximum absolute atomic E-state index is 2.44. The van der Waals surface area contributed by atoms with Crippen molar-refractivity contribution in [3.8, 4) is 11.1 Å². The van der Waals surface area contributed by atoms with Crippen LogP contribution in [0.4, 0.5) is 0 Å². The van der Waals surface area contributed by atoms with Gasteiger partial charge in [0.05, 0.1) is 0 Å². The van der Waals surface area contributed by atoms with Crippen molar-refractivity contribution in [2.45, 2.75) is 46.0 Å². The zero-order chi connectivity index (χ0) is 15.9. The zero-order valence-corrected chi connectivity index (χ0v) is 17.2. The largest absolute Gasteiger partial charge is 0.164 e. The summed E-state index contributed by atoms with van der Waals surface area (Å²) in [4.78, 5) is 0. The number of aryl methyl sites for hydroxylation is 1. The van der Waals surface area contributed by atoms with E-state index >= 15 is 0 Å². The van der Waals surface area contributed by atoms with E-state index in [2.05, 4.69) is 68.4 Å². The van der Waals surface area contributed by atoms with E-state index < -0.39 is 0 Å². The Morgan fingerprint density at radius 1 is 1.04 bits per heavy atom. The average Bonchev–Trinajstić information content (AvgIpc) is 2.94. The molecule has 1 aliphatic rings. The minimum atomic E-state index is 0. The standard InChI is InChI=1S/C23H25.Zr/c1-3-23(12-5-13-23)16-18-14-20-6-4-7-21(22(20)15-18)19-10-8-17(2)9-11-19;/h4,6-11,14-15H,3,5,12-13,16H2,1-2H3;/q-1;. The summed E-state index contributed by atoms with van der Waals surface area (Å²) in [5, 5.41) is 2.81. The van der Waals surface area contributed by atoms with E-state index in [-0.39, 0.29) is 26.2 Å². The van der Waals surface area contributed by atoms with Crippen LogP contribution in [0.5, 0.6) is 0 Å². The van der Waals surface area contributed by atoms with Gasteiger partial charge in [-0.2, -0.15) is 6.07 Å². The third-order valence-corrected chi connectivity index (χ3v) is 5.92. The molecule has 3 aromatic rings. The van der Waals surface area contributed by atoms with Crippen LogP contribution in [0.25, 0.3) is 21.9 Å². The summed E-state index contributed by atoms with van der Waals surface area (Å²) in [7, 11) is 0. The zero-order valence-electron chi connectivity index (χ0n) is 14.7. The maximum atomic E-state index is 2.44. The Labute approximate surface area is 164 Å². The van der Waals surface area contributed by atoms with Gasteiger partial charge < -0.3 is 0 Å². The van der Waals surface area contributed by atoms with Crippen molar-refractivity contribution in [2.24, 2.45) is 5.41 Å². The molecule has 0 bridgehead atoms. The first kappa shape index (κ1) is 17.7. The molecule has 1 heteroatoms. The second kappa shape index (κ2) is 7.05. The van der Waals surface area contributed by atoms with Crippen LogP contribution in [0.15, 0.2) is 54.6 Å². The molecule has 3 aromatic carbocycles. The molecule has 0 N–H and O–H groups in total. The van der Waals surface area contributed by atoms with E-state index in [1.165, 1.54) is 65.1 Å². The van der Waals surface area contributed by atoms with E-state index in [4.69, 9.17) is 0 Å². The second-order valence-electron chi connectivity index (χ2n) is 7.42. The van der Waals surface area contributed by atoms with Gasteiger partial charge in [-0.15, -0.1) is 34.5 Å². The predicted molar refractivity (Wildman–Crippen MR) is 100.0 cm³/mol. The van der Waals surface area contributed by atoms with Crippen molar-refractivity contribution < 1.29 is 26.2 Å². The molecule has 0 unspecified atom stereocenters. The number of benzene rings is 2. The molecule has 1 fully saturated rings. The van der Waals surface area contributed by atoms with Crippen LogP contribution in [-0.4, -0.2) is 0 Å². The van der Waals surface area contributed by atoms with Crippen molar-refractivity contribution in [1.29, 1.82) is 0 Å². The van der Waals surface area contributed by atoms with Gasteiger partial charge in [0.15, 0.2) is 0 Å². The Morgan fingerprint density at radius 2 is 1.79 bits per heavy atom. The summed E-state index contributed by atoms with van der Waals surface area (Å²) < 4.78 is 0. The second-order valence-corrected chi connectivity index (χ2v) is 7.42. The van der Waals surface area contributed by atoms with E-state index in [9.17, 15) is 0 Å². The fourth-order valence-electron chi connectivity index (χ4n) is 4.15. The smallest absolute Gasteiger partial charge is 0 e. The molecule has 0 aliphatic heterocycles. The summed E-state index contributed by atoms with van der Waals surface area (Å²) in [5.74, 6) is 0. The molecule has 0 radical (unpaired) electrons. The molecule has 122 valence electrons. The topological polar surface area (TPSA) is 0 Å². The molecule has 4 rings (SSSR count). The van der Waals surface area contributed by atoms with Crippen LogP contribution in [0.2, 0.25) is 0 Å². The van der Waals surface area contributed by atoms with Crippen molar-refractivity contribution in [1.82, 2.24) is 0 Å². The van der Waals surface area contributed by atoms with Gasteiger partial charge in [-0.05, 0) is 37.2 Å². The summed E-state index contributed by atoms with van der Waals surface area (Å²) >= 11 is 0. The molecular weight excluding hydrogens is 367 g/mol. The van der Waals surface area contributed by atoms with Crippen LogP contribution < -0.4 is 0 Å². The van der Waals surface area contributed by atoms with Crippen LogP contribution in [0, 0.1) is 12.3 Å². The Balaban J connectivity index is 0.00000169. The van der Waals surface area contributed by atoms with Gasteiger partial charge in [0, 0.05) is 26.2 Å². The minimum Gasteiger partial charge on any atom is -0.164 e. The van der Waals surface area contributed by atoms with E-state index in [1.54, 1.807) is 0 Å². The molecule has 0 spiro atoms. The van der Waals surface area contributed by atoms with E-state index in [0.717, 1.165) is 0 Å². The van der Waals surface area contributed by atoms with Crippen LogP contribution in [0.1, 0.15) is 43.7 Å². The molecule has 0 aromatic heterocycles. The molecule has 1 saturated carbocycles. The Morgan fingerprint density at radius 3 is 2.42 bits per heavy atom. The van der Waals surface area contributed by atoms with Crippen molar-refractivity contribution in [3.05, 3.63) is 65.7 Å². The van der Waals surface area contributed by atoms with Gasteiger partial charge in [0.25, 0.3) is 0 Å². The number of fused-ring (bicyclic) bond motifs is 1. The average molecular weight is 393 g/mol. The molecule has 0 nitrogen and oxygen atoms in total. The van der Waals surface area contributed by atoms with Crippen molar-refractivity contribution >= 4 is 10.8 Å². The van der Waals surface area contributed by atoms with Gasteiger partial charge in [-0.3, -0.25) is 0 Å².